The Morgan fingerprint density at radius 1 is 1.18 bits per heavy atom. The zero-order chi connectivity index (χ0) is 19.8. The minimum absolute atomic E-state index is 0.0268. The fraction of sp³-hybridized carbons (Fsp3) is 0.400. The lowest BCUT2D eigenvalue weighted by atomic mass is 10.2. The van der Waals surface area contributed by atoms with Gasteiger partial charge in [-0.1, -0.05) is 18.2 Å². The molecule has 0 saturated carbocycles. The van der Waals surface area contributed by atoms with Gasteiger partial charge in [0.15, 0.2) is 0 Å². The number of nitrogens with zero attached hydrogens (tertiary/aromatic N) is 5. The molecule has 8 nitrogen and oxygen atoms in total. The summed E-state index contributed by atoms with van der Waals surface area (Å²) in [5, 5.41) is 9.41. The van der Waals surface area contributed by atoms with E-state index in [0.29, 0.717) is 29.7 Å². The number of amides is 1. The smallest absolute Gasteiger partial charge is 0.293 e. The Morgan fingerprint density at radius 2 is 1.86 bits per heavy atom. The topological polar surface area (TPSA) is 82.2 Å². The quantitative estimate of drug-likeness (QED) is 0.687. The van der Waals surface area contributed by atoms with Crippen molar-refractivity contribution in [2.45, 2.75) is 39.5 Å². The lowest BCUT2D eigenvalue weighted by molar-refractivity contribution is -0.144. The number of benzene rings is 1. The van der Waals surface area contributed by atoms with E-state index in [1.807, 2.05) is 51.1 Å². The largest absolute Gasteiger partial charge is 0.372 e. The van der Waals surface area contributed by atoms with E-state index in [1.165, 1.54) is 4.68 Å². The number of fused-ring (bicyclic) bond motifs is 1. The predicted octanol–water partition coefficient (Wildman–Crippen LogP) is 1.53. The van der Waals surface area contributed by atoms with E-state index in [9.17, 15) is 9.59 Å². The molecular formula is C20H23N5O3. The molecule has 0 radical (unpaired) electrons. The fourth-order valence-electron chi connectivity index (χ4n) is 3.70. The molecule has 1 aliphatic heterocycles. The van der Waals surface area contributed by atoms with E-state index >= 15 is 0 Å². The van der Waals surface area contributed by atoms with Crippen molar-refractivity contribution in [2.75, 3.05) is 13.1 Å². The Labute approximate surface area is 162 Å². The van der Waals surface area contributed by atoms with Gasteiger partial charge in [0.1, 0.15) is 12.1 Å². The van der Waals surface area contributed by atoms with Crippen LogP contribution in [0.1, 0.15) is 19.5 Å². The minimum atomic E-state index is -0.329. The highest BCUT2D eigenvalue weighted by molar-refractivity contribution is 5.82. The monoisotopic (exact) mass is 381 g/mol. The van der Waals surface area contributed by atoms with Crippen LogP contribution >= 0.6 is 0 Å². The van der Waals surface area contributed by atoms with Gasteiger partial charge in [0, 0.05) is 18.5 Å². The lowest BCUT2D eigenvalue weighted by Crippen LogP contribution is -2.49. The van der Waals surface area contributed by atoms with E-state index in [4.69, 9.17) is 4.74 Å². The van der Waals surface area contributed by atoms with Crippen molar-refractivity contribution < 1.29 is 9.53 Å². The Balaban J connectivity index is 1.71. The van der Waals surface area contributed by atoms with Gasteiger partial charge in [0.2, 0.25) is 5.91 Å². The first-order chi connectivity index (χ1) is 13.4. The van der Waals surface area contributed by atoms with Gasteiger partial charge in [-0.2, -0.15) is 10.2 Å². The molecule has 1 aliphatic rings. The number of hydrogen-bond acceptors (Lipinski definition) is 5. The van der Waals surface area contributed by atoms with Gasteiger partial charge in [-0.25, -0.2) is 9.36 Å². The van der Waals surface area contributed by atoms with Crippen LogP contribution in [0.25, 0.3) is 16.6 Å². The number of ether oxygens (including phenoxy) is 1. The Hall–Kier alpha value is -3.00. The van der Waals surface area contributed by atoms with Crippen molar-refractivity contribution in [3.05, 3.63) is 52.6 Å². The molecule has 3 heterocycles. The third-order valence-electron chi connectivity index (χ3n) is 4.92. The van der Waals surface area contributed by atoms with E-state index in [0.717, 1.165) is 5.69 Å². The van der Waals surface area contributed by atoms with Gasteiger partial charge in [0.25, 0.3) is 5.56 Å². The molecule has 0 N–H and O–H groups in total. The molecule has 0 unspecified atom stereocenters. The second-order valence-electron chi connectivity index (χ2n) is 7.26. The van der Waals surface area contributed by atoms with Gasteiger partial charge in [-0.05, 0) is 32.9 Å². The van der Waals surface area contributed by atoms with Crippen LogP contribution in [-0.4, -0.2) is 55.7 Å². The van der Waals surface area contributed by atoms with Crippen LogP contribution < -0.4 is 5.56 Å². The molecule has 1 aromatic carbocycles. The number of morpholine rings is 1. The van der Waals surface area contributed by atoms with Crippen molar-refractivity contribution in [2.24, 2.45) is 0 Å². The molecule has 2 atom stereocenters. The summed E-state index contributed by atoms with van der Waals surface area (Å²) in [6.07, 6.45) is 1.59. The van der Waals surface area contributed by atoms with Gasteiger partial charge in [-0.15, -0.1) is 0 Å². The second kappa shape index (κ2) is 7.20. The summed E-state index contributed by atoms with van der Waals surface area (Å²) < 4.78 is 8.53. The summed E-state index contributed by atoms with van der Waals surface area (Å²) in [5.74, 6) is -0.138. The van der Waals surface area contributed by atoms with E-state index < -0.39 is 0 Å². The third kappa shape index (κ3) is 3.31. The molecule has 0 bridgehead atoms. The van der Waals surface area contributed by atoms with Crippen LogP contribution in [0.5, 0.6) is 0 Å². The zero-order valence-corrected chi connectivity index (χ0v) is 16.2. The molecule has 8 heteroatoms. The zero-order valence-electron chi connectivity index (χ0n) is 16.2. The first-order valence-corrected chi connectivity index (χ1v) is 9.38. The maximum absolute atomic E-state index is 13.1. The lowest BCUT2D eigenvalue weighted by Gasteiger charge is -2.35. The first-order valence-electron chi connectivity index (χ1n) is 9.38. The summed E-state index contributed by atoms with van der Waals surface area (Å²) in [4.78, 5) is 27.7. The normalized spacial score (nSPS) is 19.9. The van der Waals surface area contributed by atoms with Gasteiger partial charge < -0.3 is 9.64 Å². The fourth-order valence-corrected chi connectivity index (χ4v) is 3.70. The Morgan fingerprint density at radius 3 is 2.54 bits per heavy atom. The van der Waals surface area contributed by atoms with E-state index in [1.54, 1.807) is 15.8 Å². The standard InChI is InChI=1S/C20H23N5O3/c1-13-10-23(11-14(2)28-13)18(26)12-24-20(27)19-17(15(3)22-24)9-21-25(19)16-7-5-4-6-8-16/h4-9,13-14H,10-12H2,1-3H3/t13-,14+. The first kappa shape index (κ1) is 18.4. The molecule has 2 aromatic heterocycles. The van der Waals surface area contributed by atoms with Crippen LogP contribution in [0.15, 0.2) is 41.3 Å². The number of carbonyl (C=O) groups excluding carboxylic acids is 1. The minimum Gasteiger partial charge on any atom is -0.372 e. The number of hydrogen-bond donors (Lipinski definition) is 0. The van der Waals surface area contributed by atoms with Gasteiger partial charge in [-0.3, -0.25) is 9.59 Å². The van der Waals surface area contributed by atoms with Gasteiger partial charge in [0.05, 0.1) is 29.8 Å². The van der Waals surface area contributed by atoms with Crippen LogP contribution in [-0.2, 0) is 16.1 Å². The van der Waals surface area contributed by atoms with Crippen molar-refractivity contribution in [3.63, 3.8) is 0 Å². The highest BCUT2D eigenvalue weighted by Crippen LogP contribution is 2.17. The summed E-state index contributed by atoms with van der Waals surface area (Å²) in [6, 6.07) is 9.45. The maximum Gasteiger partial charge on any atom is 0.293 e. The average molecular weight is 381 g/mol. The number of carbonyl (C=O) groups is 1. The SMILES string of the molecule is Cc1nn(CC(=O)N2C[C@@H](C)O[C@@H](C)C2)c(=O)c2c1cnn2-c1ccccc1. The highest BCUT2D eigenvalue weighted by atomic mass is 16.5. The number of para-hydroxylation sites is 1. The van der Waals surface area contributed by atoms with Crippen LogP contribution in [0.2, 0.25) is 0 Å². The van der Waals surface area contributed by atoms with E-state index in [2.05, 4.69) is 10.2 Å². The number of rotatable bonds is 3. The van der Waals surface area contributed by atoms with Gasteiger partial charge >= 0.3 is 0 Å². The average Bonchev–Trinajstić information content (AvgIpc) is 3.12. The summed E-state index contributed by atoms with van der Waals surface area (Å²) in [6.45, 7) is 6.62. The molecule has 1 amide bonds. The Bertz CT molecular complexity index is 1060. The maximum atomic E-state index is 13.1. The Kier molecular flexibility index (Phi) is 4.72. The second-order valence-corrected chi connectivity index (χ2v) is 7.26. The van der Waals surface area contributed by atoms with Crippen molar-refractivity contribution in [1.82, 2.24) is 24.5 Å². The number of aryl methyl sites for hydroxylation is 1. The molecule has 3 aromatic rings. The molecule has 1 fully saturated rings. The molecule has 1 saturated heterocycles. The molecular weight excluding hydrogens is 358 g/mol. The molecule has 146 valence electrons. The van der Waals surface area contributed by atoms with E-state index in [-0.39, 0.29) is 30.2 Å². The summed E-state index contributed by atoms with van der Waals surface area (Å²) in [5.41, 5.74) is 1.54. The highest BCUT2D eigenvalue weighted by Gasteiger charge is 2.27. The predicted molar refractivity (Wildman–Crippen MR) is 104 cm³/mol. The van der Waals surface area contributed by atoms with Crippen molar-refractivity contribution in [3.8, 4) is 5.69 Å². The van der Waals surface area contributed by atoms with Crippen LogP contribution in [0, 0.1) is 6.92 Å². The van der Waals surface area contributed by atoms with Crippen molar-refractivity contribution in [1.29, 1.82) is 0 Å². The number of aromatic nitrogens is 4. The van der Waals surface area contributed by atoms with Crippen molar-refractivity contribution >= 4 is 16.8 Å². The van der Waals surface area contributed by atoms with Crippen LogP contribution in [0.4, 0.5) is 0 Å². The molecule has 4 rings (SSSR count). The summed E-state index contributed by atoms with van der Waals surface area (Å²) in [7, 11) is 0. The molecule has 0 spiro atoms. The van der Waals surface area contributed by atoms with Crippen LogP contribution in [0.3, 0.4) is 0 Å². The summed E-state index contributed by atoms with van der Waals surface area (Å²) >= 11 is 0. The molecule has 0 aliphatic carbocycles. The molecule has 28 heavy (non-hydrogen) atoms. The third-order valence-corrected chi connectivity index (χ3v) is 4.92.